The van der Waals surface area contributed by atoms with Gasteiger partial charge in [-0.3, -0.25) is 4.79 Å². The number of hydrogen-bond acceptors (Lipinski definition) is 5. The topological polar surface area (TPSA) is 118 Å². The Morgan fingerprint density at radius 1 is 1.23 bits per heavy atom. The molecule has 0 saturated heterocycles. The van der Waals surface area contributed by atoms with E-state index in [1.54, 1.807) is 24.3 Å². The molecule has 0 saturated carbocycles. The fourth-order valence-corrected chi connectivity index (χ4v) is 3.02. The molecule has 3 aromatic rings. The first-order valence-electron chi connectivity index (χ1n) is 8.22. The normalized spacial score (nSPS) is 12.4. The van der Waals surface area contributed by atoms with Crippen molar-refractivity contribution in [2.24, 2.45) is 5.73 Å². The number of hydrogen-bond donors (Lipinski definition) is 3. The molecule has 26 heavy (non-hydrogen) atoms. The molecule has 0 unspecified atom stereocenters. The van der Waals surface area contributed by atoms with Crippen molar-refractivity contribution in [3.63, 3.8) is 0 Å². The Morgan fingerprint density at radius 2 is 2.00 bits per heavy atom. The van der Waals surface area contributed by atoms with Crippen LogP contribution in [0.2, 0.25) is 5.02 Å². The number of amides is 1. The van der Waals surface area contributed by atoms with Crippen LogP contribution in [0.25, 0.3) is 21.7 Å². The van der Waals surface area contributed by atoms with Crippen molar-refractivity contribution in [3.8, 4) is 0 Å². The van der Waals surface area contributed by atoms with Gasteiger partial charge in [0.25, 0.3) is 5.91 Å². The summed E-state index contributed by atoms with van der Waals surface area (Å²) in [4.78, 5) is 23.9. The summed E-state index contributed by atoms with van der Waals surface area (Å²) in [6.07, 6.45) is 1.61. The van der Waals surface area contributed by atoms with E-state index in [-0.39, 0.29) is 5.69 Å². The van der Waals surface area contributed by atoms with Gasteiger partial charge in [-0.2, -0.15) is 0 Å². The number of carbonyl (C=O) groups excluding carboxylic acids is 1. The second-order valence-corrected chi connectivity index (χ2v) is 6.42. The van der Waals surface area contributed by atoms with Crippen molar-refractivity contribution in [2.75, 3.05) is 6.54 Å². The third kappa shape index (κ3) is 3.63. The molecule has 4 N–H and O–H groups in total. The van der Waals surface area contributed by atoms with E-state index in [1.165, 1.54) is 0 Å². The molecule has 0 aliphatic heterocycles. The number of carboxylic acid groups (broad SMARTS) is 1. The van der Waals surface area contributed by atoms with Crippen LogP contribution in [0.4, 0.5) is 0 Å². The van der Waals surface area contributed by atoms with E-state index in [9.17, 15) is 14.7 Å². The highest BCUT2D eigenvalue weighted by molar-refractivity contribution is 6.31. The van der Waals surface area contributed by atoms with Crippen molar-refractivity contribution >= 4 is 45.2 Å². The van der Waals surface area contributed by atoms with Gasteiger partial charge in [0.2, 0.25) is 0 Å². The summed E-state index contributed by atoms with van der Waals surface area (Å²) < 4.78 is 5.35. The van der Waals surface area contributed by atoms with Gasteiger partial charge in [-0.15, -0.1) is 0 Å². The molecular weight excluding hydrogens is 358 g/mol. The minimum Gasteiger partial charge on any atom is -0.480 e. The highest BCUT2D eigenvalue weighted by Gasteiger charge is 2.24. The molecule has 1 aromatic heterocycles. The Balaban J connectivity index is 1.88. The molecule has 0 spiro atoms. The quantitative estimate of drug-likeness (QED) is 0.546. The van der Waals surface area contributed by atoms with Crippen molar-refractivity contribution in [3.05, 3.63) is 41.0 Å². The molecule has 0 bridgehead atoms. The predicted octanol–water partition coefficient (Wildman–Crippen LogP) is 2.95. The average molecular weight is 376 g/mol. The summed E-state index contributed by atoms with van der Waals surface area (Å²) in [5.74, 6) is -1.68. The molecule has 0 fully saturated rings. The molecule has 3 rings (SSSR count). The molecule has 2 aromatic carbocycles. The summed E-state index contributed by atoms with van der Waals surface area (Å²) in [5.41, 5.74) is 5.94. The molecule has 0 aliphatic rings. The van der Waals surface area contributed by atoms with Crippen molar-refractivity contribution in [2.45, 2.75) is 25.3 Å². The second-order valence-electron chi connectivity index (χ2n) is 5.99. The number of halogens is 1. The molecule has 8 heteroatoms. The van der Waals surface area contributed by atoms with E-state index in [0.29, 0.717) is 41.8 Å². The van der Waals surface area contributed by atoms with Gasteiger partial charge < -0.3 is 20.7 Å². The first-order chi connectivity index (χ1) is 12.5. The number of fused-ring (bicyclic) bond motifs is 3. The third-order valence-electron chi connectivity index (χ3n) is 4.18. The lowest BCUT2D eigenvalue weighted by atomic mass is 10.1. The fraction of sp³-hybridized carbons (Fsp3) is 0.278. The van der Waals surface area contributed by atoms with E-state index >= 15 is 0 Å². The lowest BCUT2D eigenvalue weighted by Gasteiger charge is -2.13. The number of aromatic nitrogens is 1. The van der Waals surface area contributed by atoms with Crippen molar-refractivity contribution in [1.82, 2.24) is 10.5 Å². The molecule has 136 valence electrons. The van der Waals surface area contributed by atoms with Crippen molar-refractivity contribution in [1.29, 1.82) is 0 Å². The fourth-order valence-electron chi connectivity index (χ4n) is 2.84. The van der Waals surface area contributed by atoms with Gasteiger partial charge in [0.05, 0.1) is 5.39 Å². The molecular formula is C18H18ClN3O4. The van der Waals surface area contributed by atoms with Crippen LogP contribution < -0.4 is 11.1 Å². The van der Waals surface area contributed by atoms with Crippen LogP contribution >= 0.6 is 11.6 Å². The number of rotatable bonds is 7. The van der Waals surface area contributed by atoms with Gasteiger partial charge >= 0.3 is 5.97 Å². The lowest BCUT2D eigenvalue weighted by molar-refractivity contribution is -0.139. The monoisotopic (exact) mass is 375 g/mol. The Morgan fingerprint density at radius 3 is 2.73 bits per heavy atom. The van der Waals surface area contributed by atoms with Gasteiger partial charge in [-0.05, 0) is 55.5 Å². The summed E-state index contributed by atoms with van der Waals surface area (Å²) >= 11 is 5.99. The van der Waals surface area contributed by atoms with E-state index < -0.39 is 17.9 Å². The van der Waals surface area contributed by atoms with E-state index in [4.69, 9.17) is 21.9 Å². The Kier molecular flexibility index (Phi) is 5.39. The van der Waals surface area contributed by atoms with E-state index in [0.717, 1.165) is 10.8 Å². The van der Waals surface area contributed by atoms with Gasteiger partial charge in [-0.25, -0.2) is 4.79 Å². The number of aliphatic carboxylic acids is 1. The van der Waals surface area contributed by atoms with E-state index in [2.05, 4.69) is 10.5 Å². The number of carboxylic acids is 1. The summed E-state index contributed by atoms with van der Waals surface area (Å²) in [7, 11) is 0. The van der Waals surface area contributed by atoms with Gasteiger partial charge in [-0.1, -0.05) is 22.8 Å². The number of benzene rings is 2. The van der Waals surface area contributed by atoms with Crippen LogP contribution in [0.1, 0.15) is 29.8 Å². The zero-order valence-electron chi connectivity index (χ0n) is 13.9. The summed E-state index contributed by atoms with van der Waals surface area (Å²) in [5, 5.41) is 18.4. The van der Waals surface area contributed by atoms with Crippen molar-refractivity contribution < 1.29 is 19.2 Å². The first kappa shape index (κ1) is 18.2. The zero-order valence-corrected chi connectivity index (χ0v) is 14.6. The van der Waals surface area contributed by atoms with Gasteiger partial charge in [0.1, 0.15) is 6.04 Å². The Bertz CT molecular complexity index is 970. The SMILES string of the molecule is NCCCC[C@H](NC(=O)c1noc2c1ccc1cc(Cl)ccc12)C(=O)O. The zero-order chi connectivity index (χ0) is 18.7. The standard InChI is InChI=1S/C18H18ClN3O4/c19-11-5-7-12-10(9-11)4-6-13-15(22-26-16(12)13)17(23)21-14(18(24)25)3-1-2-8-20/h4-7,9,14H,1-3,8,20H2,(H,21,23)(H,24,25)/t14-/m0/s1. The number of carbonyl (C=O) groups is 2. The minimum absolute atomic E-state index is 0.0573. The molecule has 1 atom stereocenters. The average Bonchev–Trinajstić information content (AvgIpc) is 3.04. The summed E-state index contributed by atoms with van der Waals surface area (Å²) in [6.45, 7) is 0.477. The summed E-state index contributed by atoms with van der Waals surface area (Å²) in [6, 6.07) is 7.83. The van der Waals surface area contributed by atoms with Gasteiger partial charge in [0.15, 0.2) is 11.3 Å². The molecule has 0 radical (unpaired) electrons. The number of nitrogens with two attached hydrogens (primary N) is 1. The highest BCUT2D eigenvalue weighted by atomic mass is 35.5. The third-order valence-corrected chi connectivity index (χ3v) is 4.42. The maximum atomic E-state index is 12.5. The smallest absolute Gasteiger partial charge is 0.326 e. The lowest BCUT2D eigenvalue weighted by Crippen LogP contribution is -2.41. The Labute approximate surface area is 154 Å². The van der Waals surface area contributed by atoms with Crippen LogP contribution in [-0.2, 0) is 4.79 Å². The number of nitrogens with one attached hydrogen (secondary N) is 1. The maximum absolute atomic E-state index is 12.5. The first-order valence-corrected chi connectivity index (χ1v) is 8.60. The van der Waals surface area contributed by atoms with Crippen LogP contribution in [0, 0.1) is 0 Å². The van der Waals surface area contributed by atoms with Crippen LogP contribution in [0.15, 0.2) is 34.9 Å². The highest BCUT2D eigenvalue weighted by Crippen LogP contribution is 2.29. The molecule has 1 heterocycles. The predicted molar refractivity (Wildman–Crippen MR) is 98.3 cm³/mol. The number of nitrogens with zero attached hydrogens (tertiary/aromatic N) is 1. The van der Waals surface area contributed by atoms with Crippen LogP contribution in [-0.4, -0.2) is 34.7 Å². The maximum Gasteiger partial charge on any atom is 0.326 e. The minimum atomic E-state index is -1.09. The van der Waals surface area contributed by atoms with Crippen LogP contribution in [0.3, 0.4) is 0 Å². The largest absolute Gasteiger partial charge is 0.480 e. The van der Waals surface area contributed by atoms with Gasteiger partial charge in [0, 0.05) is 10.4 Å². The van der Waals surface area contributed by atoms with E-state index in [1.807, 2.05) is 6.07 Å². The Hall–Kier alpha value is -2.64. The molecule has 7 nitrogen and oxygen atoms in total. The molecule has 0 aliphatic carbocycles. The number of unbranched alkanes of at least 4 members (excludes halogenated alkanes) is 1. The molecule has 1 amide bonds. The second kappa shape index (κ2) is 7.72. The van der Waals surface area contributed by atoms with Crippen LogP contribution in [0.5, 0.6) is 0 Å².